The topological polar surface area (TPSA) is 54.0 Å². The molecule has 1 aromatic heterocycles. The normalized spacial score (nSPS) is 14.3. The van der Waals surface area contributed by atoms with Crippen molar-refractivity contribution in [2.45, 2.75) is 25.1 Å². The summed E-state index contributed by atoms with van der Waals surface area (Å²) in [5, 5.41) is 5.58. The smallest absolute Gasteiger partial charge is 0.367 e. The van der Waals surface area contributed by atoms with Gasteiger partial charge in [-0.1, -0.05) is 11.6 Å². The number of hydrogen-bond acceptors (Lipinski definition) is 3. The first kappa shape index (κ1) is 16.6. The fraction of sp³-hybridized carbons (Fsp3) is 0.250. The summed E-state index contributed by atoms with van der Waals surface area (Å²) in [6.07, 6.45) is -0.959. The third-order valence-corrected chi connectivity index (χ3v) is 3.83. The van der Waals surface area contributed by atoms with Gasteiger partial charge < -0.3 is 10.6 Å². The van der Waals surface area contributed by atoms with Crippen LogP contribution >= 0.6 is 11.6 Å². The summed E-state index contributed by atoms with van der Waals surface area (Å²) in [6, 6.07) is 6.39. The van der Waals surface area contributed by atoms with Gasteiger partial charge in [0, 0.05) is 12.2 Å². The van der Waals surface area contributed by atoms with E-state index in [4.69, 9.17) is 11.6 Å². The van der Waals surface area contributed by atoms with Crippen LogP contribution in [0.15, 0.2) is 36.5 Å². The lowest BCUT2D eigenvalue weighted by Gasteiger charge is -2.12. The molecule has 126 valence electrons. The first-order chi connectivity index (χ1) is 11.3. The van der Waals surface area contributed by atoms with Gasteiger partial charge >= 0.3 is 6.18 Å². The number of benzene rings is 1. The third-order valence-electron chi connectivity index (χ3n) is 3.50. The van der Waals surface area contributed by atoms with E-state index in [1.165, 1.54) is 6.20 Å². The zero-order valence-electron chi connectivity index (χ0n) is 12.3. The molecule has 0 atom stereocenters. The van der Waals surface area contributed by atoms with Crippen LogP contribution in [0.4, 0.5) is 24.7 Å². The van der Waals surface area contributed by atoms with Crippen LogP contribution in [0.2, 0.25) is 5.02 Å². The predicted octanol–water partition coefficient (Wildman–Crippen LogP) is 4.58. The minimum Gasteiger partial charge on any atom is -0.367 e. The number of aromatic nitrogens is 1. The SMILES string of the molecule is O=C(Nc1cc(C(F)(F)F)ccc1Cl)c1ccc(NC2CC2)nc1. The molecule has 1 amide bonds. The van der Waals surface area contributed by atoms with Crippen molar-refractivity contribution in [1.29, 1.82) is 0 Å². The monoisotopic (exact) mass is 355 g/mol. The van der Waals surface area contributed by atoms with Crippen LogP contribution in [0.25, 0.3) is 0 Å². The van der Waals surface area contributed by atoms with E-state index in [9.17, 15) is 18.0 Å². The van der Waals surface area contributed by atoms with E-state index in [-0.39, 0.29) is 16.3 Å². The largest absolute Gasteiger partial charge is 0.416 e. The molecule has 1 aliphatic rings. The quantitative estimate of drug-likeness (QED) is 0.844. The van der Waals surface area contributed by atoms with Crippen molar-refractivity contribution in [3.63, 3.8) is 0 Å². The summed E-state index contributed by atoms with van der Waals surface area (Å²) in [7, 11) is 0. The van der Waals surface area contributed by atoms with Gasteiger partial charge in [0.2, 0.25) is 0 Å². The second-order valence-electron chi connectivity index (χ2n) is 5.50. The Morgan fingerprint density at radius 3 is 2.54 bits per heavy atom. The van der Waals surface area contributed by atoms with Gasteiger partial charge in [0.05, 0.1) is 21.8 Å². The highest BCUT2D eigenvalue weighted by atomic mass is 35.5. The van der Waals surface area contributed by atoms with Gasteiger partial charge in [-0.15, -0.1) is 0 Å². The van der Waals surface area contributed by atoms with Gasteiger partial charge in [0.25, 0.3) is 5.91 Å². The minimum absolute atomic E-state index is 0.0244. The van der Waals surface area contributed by atoms with Crippen molar-refractivity contribution in [2.75, 3.05) is 10.6 Å². The van der Waals surface area contributed by atoms with Crippen LogP contribution in [0.3, 0.4) is 0 Å². The second-order valence-corrected chi connectivity index (χ2v) is 5.90. The first-order valence-electron chi connectivity index (χ1n) is 7.23. The van der Waals surface area contributed by atoms with E-state index in [0.29, 0.717) is 11.9 Å². The lowest BCUT2D eigenvalue weighted by atomic mass is 10.2. The zero-order valence-corrected chi connectivity index (χ0v) is 13.1. The summed E-state index contributed by atoms with van der Waals surface area (Å²) in [6.45, 7) is 0. The van der Waals surface area contributed by atoms with E-state index in [0.717, 1.165) is 31.0 Å². The summed E-state index contributed by atoms with van der Waals surface area (Å²) in [5.74, 6) is 0.0767. The Morgan fingerprint density at radius 1 is 1.21 bits per heavy atom. The van der Waals surface area contributed by atoms with Crippen molar-refractivity contribution in [1.82, 2.24) is 4.98 Å². The van der Waals surface area contributed by atoms with Crippen LogP contribution in [-0.2, 0) is 6.18 Å². The number of pyridine rings is 1. The van der Waals surface area contributed by atoms with Gasteiger partial charge in [0.15, 0.2) is 0 Å². The molecule has 0 bridgehead atoms. The number of rotatable bonds is 4. The Kier molecular flexibility index (Phi) is 4.36. The molecule has 1 aromatic carbocycles. The summed E-state index contributed by atoms with van der Waals surface area (Å²) in [4.78, 5) is 16.3. The number of nitrogens with one attached hydrogen (secondary N) is 2. The maximum Gasteiger partial charge on any atom is 0.416 e. The predicted molar refractivity (Wildman–Crippen MR) is 85.3 cm³/mol. The molecule has 0 radical (unpaired) electrons. The van der Waals surface area contributed by atoms with Crippen LogP contribution in [-0.4, -0.2) is 16.9 Å². The molecule has 2 aromatic rings. The number of hydrogen-bond donors (Lipinski definition) is 2. The van der Waals surface area contributed by atoms with Crippen molar-refractivity contribution < 1.29 is 18.0 Å². The highest BCUT2D eigenvalue weighted by molar-refractivity contribution is 6.34. The lowest BCUT2D eigenvalue weighted by molar-refractivity contribution is -0.137. The number of amides is 1. The van der Waals surface area contributed by atoms with Crippen molar-refractivity contribution >= 4 is 29.0 Å². The summed E-state index contributed by atoms with van der Waals surface area (Å²) in [5.41, 5.74) is -0.759. The average molecular weight is 356 g/mol. The van der Waals surface area contributed by atoms with Gasteiger partial charge in [-0.05, 0) is 43.2 Å². The highest BCUT2D eigenvalue weighted by Crippen LogP contribution is 2.34. The van der Waals surface area contributed by atoms with Gasteiger partial charge in [-0.3, -0.25) is 4.79 Å². The molecule has 1 heterocycles. The van der Waals surface area contributed by atoms with Crippen LogP contribution in [0.5, 0.6) is 0 Å². The van der Waals surface area contributed by atoms with E-state index in [1.807, 2.05) is 0 Å². The lowest BCUT2D eigenvalue weighted by Crippen LogP contribution is -2.14. The van der Waals surface area contributed by atoms with Crippen LogP contribution in [0.1, 0.15) is 28.8 Å². The molecule has 0 aliphatic heterocycles. The summed E-state index contributed by atoms with van der Waals surface area (Å²) >= 11 is 5.86. The molecule has 4 nitrogen and oxygen atoms in total. The number of carbonyl (C=O) groups excluding carboxylic acids is 1. The molecular weight excluding hydrogens is 343 g/mol. The number of nitrogens with zero attached hydrogens (tertiary/aromatic N) is 1. The van der Waals surface area contributed by atoms with E-state index in [1.54, 1.807) is 12.1 Å². The van der Waals surface area contributed by atoms with E-state index >= 15 is 0 Å². The van der Waals surface area contributed by atoms with Crippen molar-refractivity contribution in [2.24, 2.45) is 0 Å². The van der Waals surface area contributed by atoms with Gasteiger partial charge in [-0.25, -0.2) is 4.98 Å². The zero-order chi connectivity index (χ0) is 17.3. The summed E-state index contributed by atoms with van der Waals surface area (Å²) < 4.78 is 38.2. The van der Waals surface area contributed by atoms with E-state index in [2.05, 4.69) is 15.6 Å². The van der Waals surface area contributed by atoms with Crippen molar-refractivity contribution in [3.8, 4) is 0 Å². The number of anilines is 2. The second kappa shape index (κ2) is 6.32. The molecule has 2 N–H and O–H groups in total. The van der Waals surface area contributed by atoms with Crippen LogP contribution < -0.4 is 10.6 Å². The van der Waals surface area contributed by atoms with Gasteiger partial charge in [0.1, 0.15) is 5.82 Å². The number of halogens is 4. The number of carbonyl (C=O) groups is 1. The maximum atomic E-state index is 12.7. The minimum atomic E-state index is -4.51. The first-order valence-corrected chi connectivity index (χ1v) is 7.61. The molecule has 24 heavy (non-hydrogen) atoms. The maximum absolute atomic E-state index is 12.7. The Labute approximate surface area is 141 Å². The van der Waals surface area contributed by atoms with Crippen molar-refractivity contribution in [3.05, 3.63) is 52.7 Å². The molecule has 1 aliphatic carbocycles. The molecule has 8 heteroatoms. The Bertz CT molecular complexity index is 758. The van der Waals surface area contributed by atoms with Gasteiger partial charge in [-0.2, -0.15) is 13.2 Å². The Morgan fingerprint density at radius 2 is 1.96 bits per heavy atom. The molecule has 0 saturated heterocycles. The number of alkyl halides is 3. The molecule has 1 saturated carbocycles. The Balaban J connectivity index is 1.74. The molecule has 0 spiro atoms. The molecule has 1 fully saturated rings. The fourth-order valence-electron chi connectivity index (χ4n) is 2.04. The fourth-order valence-corrected chi connectivity index (χ4v) is 2.21. The Hall–Kier alpha value is -2.28. The highest BCUT2D eigenvalue weighted by Gasteiger charge is 2.31. The molecular formula is C16H13ClF3N3O. The third kappa shape index (κ3) is 3.97. The average Bonchev–Trinajstić information content (AvgIpc) is 3.33. The van der Waals surface area contributed by atoms with E-state index < -0.39 is 17.6 Å². The van der Waals surface area contributed by atoms with Crippen LogP contribution in [0, 0.1) is 0 Å². The molecule has 3 rings (SSSR count). The standard InChI is InChI=1S/C16H13ClF3N3O/c17-12-5-2-10(16(18,19)20)7-13(12)23-15(24)9-1-6-14(21-8-9)22-11-3-4-11/h1-2,5-8,11H,3-4H2,(H,21,22)(H,23,24). The molecule has 0 unspecified atom stereocenters.